The number of carbonyl (C=O) groups excluding carboxylic acids is 1. The van der Waals surface area contributed by atoms with Gasteiger partial charge in [-0.2, -0.15) is 5.26 Å². The summed E-state index contributed by atoms with van der Waals surface area (Å²) >= 11 is 1.35. The number of benzene rings is 1. The second kappa shape index (κ2) is 6.19. The molecule has 0 saturated heterocycles. The molecule has 0 atom stereocenters. The Morgan fingerprint density at radius 3 is 2.90 bits per heavy atom. The van der Waals surface area contributed by atoms with Gasteiger partial charge in [0.1, 0.15) is 6.07 Å². The number of hydrazine groups is 1. The molecule has 1 amide bonds. The largest absolute Gasteiger partial charge is 0.369 e. The number of nitrogen functional groups attached to an aromatic ring is 1. The number of para-hydroxylation sites is 1. The third kappa shape index (κ3) is 2.79. The zero-order valence-electron chi connectivity index (χ0n) is 11.0. The van der Waals surface area contributed by atoms with Gasteiger partial charge in [-0.25, -0.2) is 5.84 Å². The minimum atomic E-state index is -0.294. The van der Waals surface area contributed by atoms with Gasteiger partial charge in [0, 0.05) is 13.6 Å². The van der Waals surface area contributed by atoms with E-state index in [4.69, 9.17) is 11.1 Å². The first-order valence-electron chi connectivity index (χ1n) is 5.95. The van der Waals surface area contributed by atoms with Crippen LogP contribution in [0.4, 0.5) is 5.69 Å². The van der Waals surface area contributed by atoms with Gasteiger partial charge < -0.3 is 4.90 Å². The lowest BCUT2D eigenvalue weighted by molar-refractivity contribution is 0.0957. The van der Waals surface area contributed by atoms with E-state index in [0.29, 0.717) is 17.0 Å². The summed E-state index contributed by atoms with van der Waals surface area (Å²) in [5.41, 5.74) is 4.47. The molecule has 0 saturated carbocycles. The Labute approximate surface area is 121 Å². The van der Waals surface area contributed by atoms with Crippen LogP contribution in [-0.4, -0.2) is 13.0 Å². The second-order valence-electron chi connectivity index (χ2n) is 4.23. The number of amides is 1. The van der Waals surface area contributed by atoms with E-state index in [2.05, 4.69) is 11.5 Å². The number of nitrogens with two attached hydrogens (primary N) is 1. The number of rotatable bonds is 4. The highest BCUT2D eigenvalue weighted by Gasteiger charge is 2.14. The topological polar surface area (TPSA) is 82.2 Å². The maximum Gasteiger partial charge on any atom is 0.275 e. The van der Waals surface area contributed by atoms with Crippen molar-refractivity contribution >= 4 is 22.9 Å². The Hall–Kier alpha value is -2.36. The molecule has 0 spiro atoms. The maximum atomic E-state index is 11.6. The van der Waals surface area contributed by atoms with Gasteiger partial charge in [0.15, 0.2) is 0 Å². The molecular formula is C14H14N4OS. The molecule has 6 heteroatoms. The van der Waals surface area contributed by atoms with Crippen LogP contribution in [0.3, 0.4) is 0 Å². The zero-order valence-corrected chi connectivity index (χ0v) is 11.8. The number of thiophene rings is 1. The third-order valence-electron chi connectivity index (χ3n) is 2.93. The SMILES string of the molecule is CN(Cc1ccsc1C(=O)NN)c1ccccc1C#N. The summed E-state index contributed by atoms with van der Waals surface area (Å²) in [6.07, 6.45) is 0. The molecule has 20 heavy (non-hydrogen) atoms. The van der Waals surface area contributed by atoms with Gasteiger partial charge in [-0.15, -0.1) is 11.3 Å². The summed E-state index contributed by atoms with van der Waals surface area (Å²) in [7, 11) is 1.89. The van der Waals surface area contributed by atoms with Crippen LogP contribution < -0.4 is 16.2 Å². The molecule has 0 radical (unpaired) electrons. The Morgan fingerprint density at radius 1 is 1.45 bits per heavy atom. The van der Waals surface area contributed by atoms with Crippen molar-refractivity contribution in [1.82, 2.24) is 5.43 Å². The fourth-order valence-electron chi connectivity index (χ4n) is 1.97. The minimum absolute atomic E-state index is 0.294. The Kier molecular flexibility index (Phi) is 4.35. The average Bonchev–Trinajstić information content (AvgIpc) is 2.94. The van der Waals surface area contributed by atoms with Gasteiger partial charge in [0.05, 0.1) is 16.1 Å². The fraction of sp³-hybridized carbons (Fsp3) is 0.143. The average molecular weight is 286 g/mol. The van der Waals surface area contributed by atoms with Crippen molar-refractivity contribution in [2.24, 2.45) is 5.84 Å². The lowest BCUT2D eigenvalue weighted by atomic mass is 10.1. The zero-order chi connectivity index (χ0) is 14.5. The molecule has 3 N–H and O–H groups in total. The highest BCUT2D eigenvalue weighted by molar-refractivity contribution is 7.12. The monoisotopic (exact) mass is 286 g/mol. The highest BCUT2D eigenvalue weighted by atomic mass is 32.1. The van der Waals surface area contributed by atoms with Crippen molar-refractivity contribution in [3.63, 3.8) is 0 Å². The van der Waals surface area contributed by atoms with Gasteiger partial charge >= 0.3 is 0 Å². The molecule has 2 aromatic rings. The van der Waals surface area contributed by atoms with Crippen LogP contribution in [0.15, 0.2) is 35.7 Å². The van der Waals surface area contributed by atoms with Gasteiger partial charge in [-0.3, -0.25) is 10.2 Å². The number of nitriles is 1. The summed E-state index contributed by atoms with van der Waals surface area (Å²) in [6, 6.07) is 11.4. The predicted molar refractivity (Wildman–Crippen MR) is 79.2 cm³/mol. The van der Waals surface area contributed by atoms with Crippen LogP contribution in [-0.2, 0) is 6.54 Å². The van der Waals surface area contributed by atoms with Crippen LogP contribution in [0.25, 0.3) is 0 Å². The quantitative estimate of drug-likeness (QED) is 0.510. The van der Waals surface area contributed by atoms with E-state index in [0.717, 1.165) is 11.3 Å². The maximum absolute atomic E-state index is 11.6. The summed E-state index contributed by atoms with van der Waals surface area (Å²) in [6.45, 7) is 0.533. The van der Waals surface area contributed by atoms with Crippen molar-refractivity contribution < 1.29 is 4.79 Å². The Morgan fingerprint density at radius 2 is 2.20 bits per heavy atom. The Balaban J connectivity index is 2.25. The molecule has 2 rings (SSSR count). The molecule has 1 aromatic carbocycles. The molecule has 0 aliphatic rings. The Bertz CT molecular complexity index is 659. The van der Waals surface area contributed by atoms with E-state index >= 15 is 0 Å². The first-order valence-corrected chi connectivity index (χ1v) is 6.83. The molecule has 0 aliphatic heterocycles. The second-order valence-corrected chi connectivity index (χ2v) is 5.15. The lowest BCUT2D eigenvalue weighted by Crippen LogP contribution is -2.30. The fourth-order valence-corrected chi connectivity index (χ4v) is 2.79. The van der Waals surface area contributed by atoms with Gasteiger partial charge in [-0.1, -0.05) is 12.1 Å². The van der Waals surface area contributed by atoms with Crippen molar-refractivity contribution in [3.05, 3.63) is 51.7 Å². The van der Waals surface area contributed by atoms with E-state index < -0.39 is 0 Å². The van der Waals surface area contributed by atoms with E-state index in [1.165, 1.54) is 11.3 Å². The van der Waals surface area contributed by atoms with Crippen molar-refractivity contribution in [3.8, 4) is 6.07 Å². The summed E-state index contributed by atoms with van der Waals surface area (Å²) in [5, 5.41) is 11.0. The molecular weight excluding hydrogens is 272 g/mol. The first kappa shape index (κ1) is 14.1. The number of hydrogen-bond acceptors (Lipinski definition) is 5. The predicted octanol–water partition coefficient (Wildman–Crippen LogP) is 1.86. The van der Waals surface area contributed by atoms with E-state index in [1.54, 1.807) is 6.07 Å². The molecule has 1 heterocycles. The molecule has 1 aromatic heterocycles. The molecule has 0 unspecified atom stereocenters. The molecule has 0 bridgehead atoms. The van der Waals surface area contributed by atoms with Crippen LogP contribution in [0, 0.1) is 11.3 Å². The molecule has 5 nitrogen and oxygen atoms in total. The van der Waals surface area contributed by atoms with Gasteiger partial charge in [0.25, 0.3) is 5.91 Å². The number of carbonyl (C=O) groups is 1. The van der Waals surface area contributed by atoms with Crippen molar-refractivity contribution in [2.75, 3.05) is 11.9 Å². The van der Waals surface area contributed by atoms with Gasteiger partial charge in [-0.05, 0) is 29.1 Å². The van der Waals surface area contributed by atoms with Crippen molar-refractivity contribution in [1.29, 1.82) is 5.26 Å². The molecule has 102 valence electrons. The van der Waals surface area contributed by atoms with E-state index in [1.807, 2.05) is 41.6 Å². The van der Waals surface area contributed by atoms with E-state index in [-0.39, 0.29) is 5.91 Å². The summed E-state index contributed by atoms with van der Waals surface area (Å²) < 4.78 is 0. The van der Waals surface area contributed by atoms with E-state index in [9.17, 15) is 4.79 Å². The summed E-state index contributed by atoms with van der Waals surface area (Å²) in [4.78, 5) is 14.2. The number of hydrogen-bond donors (Lipinski definition) is 2. The van der Waals surface area contributed by atoms with Crippen LogP contribution >= 0.6 is 11.3 Å². The minimum Gasteiger partial charge on any atom is -0.369 e. The summed E-state index contributed by atoms with van der Waals surface area (Å²) in [5.74, 6) is 4.88. The third-order valence-corrected chi connectivity index (χ3v) is 3.88. The van der Waals surface area contributed by atoms with Crippen LogP contribution in [0.1, 0.15) is 20.8 Å². The van der Waals surface area contributed by atoms with Crippen LogP contribution in [0.2, 0.25) is 0 Å². The number of nitrogens with one attached hydrogen (secondary N) is 1. The van der Waals surface area contributed by atoms with Crippen molar-refractivity contribution in [2.45, 2.75) is 6.54 Å². The lowest BCUT2D eigenvalue weighted by Gasteiger charge is -2.20. The molecule has 0 aliphatic carbocycles. The smallest absolute Gasteiger partial charge is 0.275 e. The van der Waals surface area contributed by atoms with Crippen LogP contribution in [0.5, 0.6) is 0 Å². The first-order chi connectivity index (χ1) is 9.67. The number of nitrogens with zero attached hydrogens (tertiary/aromatic N) is 2. The number of anilines is 1. The normalized spacial score (nSPS) is 9.85. The standard InChI is InChI=1S/C14H14N4OS/c1-18(12-5-3-2-4-10(12)8-15)9-11-6-7-20-13(11)14(19)17-16/h2-7H,9,16H2,1H3,(H,17,19). The van der Waals surface area contributed by atoms with Gasteiger partial charge in [0.2, 0.25) is 0 Å². The highest BCUT2D eigenvalue weighted by Crippen LogP contribution is 2.23. The molecule has 0 fully saturated rings.